The van der Waals surface area contributed by atoms with Gasteiger partial charge in [-0.15, -0.1) is 0 Å². The van der Waals surface area contributed by atoms with Gasteiger partial charge in [0, 0.05) is 0 Å². The molecule has 1 saturated carbocycles. The van der Waals surface area contributed by atoms with Gasteiger partial charge in [0.2, 0.25) is 0 Å². The van der Waals surface area contributed by atoms with Crippen LogP contribution in [0.4, 0.5) is 0 Å². The van der Waals surface area contributed by atoms with Crippen LogP contribution in [-0.2, 0) is 18.4 Å². The molecule has 1 heteroatoms. The van der Waals surface area contributed by atoms with Crippen molar-refractivity contribution in [2.75, 3.05) is 0 Å². The second-order valence-electron chi connectivity index (χ2n) is 7.29. The fraction of sp³-hybridized carbons (Fsp3) is 0.684. The zero-order valence-electron chi connectivity index (χ0n) is 13.0. The normalized spacial score (nSPS) is 29.6. The lowest BCUT2D eigenvalue weighted by molar-refractivity contribution is -0.0265. The monoisotopic (exact) mass is 272 g/mol. The smallest absolute Gasteiger partial charge is 0.0896 e. The molecular weight excluding hydrogens is 244 g/mol. The second-order valence-corrected chi connectivity index (χ2v) is 7.29. The van der Waals surface area contributed by atoms with E-state index in [1.807, 2.05) is 6.92 Å². The number of hydrogen-bond acceptors (Lipinski definition) is 1. The Bertz CT molecular complexity index is 467. The van der Waals surface area contributed by atoms with Crippen molar-refractivity contribution < 1.29 is 5.11 Å². The third-order valence-electron chi connectivity index (χ3n) is 5.74. The molecule has 1 aromatic rings. The van der Waals surface area contributed by atoms with Gasteiger partial charge < -0.3 is 5.11 Å². The lowest BCUT2D eigenvalue weighted by Gasteiger charge is -2.38. The fourth-order valence-electron chi connectivity index (χ4n) is 4.11. The predicted molar refractivity (Wildman–Crippen MR) is 83.8 cm³/mol. The molecule has 0 aliphatic heterocycles. The van der Waals surface area contributed by atoms with Gasteiger partial charge in [0.25, 0.3) is 0 Å². The van der Waals surface area contributed by atoms with E-state index in [4.69, 9.17) is 0 Å². The van der Waals surface area contributed by atoms with E-state index in [2.05, 4.69) is 25.1 Å². The summed E-state index contributed by atoms with van der Waals surface area (Å²) in [5.41, 5.74) is 3.50. The molecule has 1 nitrogen and oxygen atoms in total. The number of aliphatic hydroxyl groups is 1. The standard InChI is InChI=1S/C19H28O/c1-14-7-10-17(11-8-14)19(2,20)18-12-9-15-5-3-4-6-16(15)13-18/h9,12-14,17,20H,3-8,10-11H2,1-2H3. The molecule has 0 radical (unpaired) electrons. The van der Waals surface area contributed by atoms with Gasteiger partial charge in [-0.25, -0.2) is 0 Å². The highest BCUT2D eigenvalue weighted by Crippen LogP contribution is 2.41. The van der Waals surface area contributed by atoms with Crippen molar-refractivity contribution in [3.63, 3.8) is 0 Å². The molecule has 3 rings (SSSR count). The molecule has 2 aliphatic rings. The molecule has 0 bridgehead atoms. The molecule has 2 aliphatic carbocycles. The molecule has 20 heavy (non-hydrogen) atoms. The summed E-state index contributed by atoms with van der Waals surface area (Å²) in [6.45, 7) is 4.38. The van der Waals surface area contributed by atoms with Crippen LogP contribution >= 0.6 is 0 Å². The minimum atomic E-state index is -0.646. The van der Waals surface area contributed by atoms with Gasteiger partial charge in [0.15, 0.2) is 0 Å². The summed E-state index contributed by atoms with van der Waals surface area (Å²) in [6.07, 6.45) is 9.93. The SMILES string of the molecule is CC1CCC(C(C)(O)c2ccc3c(c2)CCCC3)CC1. The number of aryl methyl sites for hydroxylation is 2. The van der Waals surface area contributed by atoms with Gasteiger partial charge in [-0.2, -0.15) is 0 Å². The van der Waals surface area contributed by atoms with Crippen LogP contribution in [0.2, 0.25) is 0 Å². The van der Waals surface area contributed by atoms with Crippen LogP contribution in [0, 0.1) is 11.8 Å². The summed E-state index contributed by atoms with van der Waals surface area (Å²) in [4.78, 5) is 0. The van der Waals surface area contributed by atoms with E-state index in [0.29, 0.717) is 5.92 Å². The summed E-state index contributed by atoms with van der Waals surface area (Å²) in [6, 6.07) is 6.75. The summed E-state index contributed by atoms with van der Waals surface area (Å²) in [5, 5.41) is 11.1. The fourth-order valence-corrected chi connectivity index (χ4v) is 4.11. The highest BCUT2D eigenvalue weighted by atomic mass is 16.3. The van der Waals surface area contributed by atoms with E-state index < -0.39 is 5.60 Å². The number of benzene rings is 1. The Kier molecular flexibility index (Phi) is 3.90. The van der Waals surface area contributed by atoms with Crippen molar-refractivity contribution in [3.8, 4) is 0 Å². The Morgan fingerprint density at radius 1 is 1.00 bits per heavy atom. The van der Waals surface area contributed by atoms with Crippen LogP contribution in [0.1, 0.15) is 69.1 Å². The molecule has 110 valence electrons. The van der Waals surface area contributed by atoms with E-state index in [9.17, 15) is 5.11 Å². The Labute approximate surface area is 123 Å². The average molecular weight is 272 g/mol. The number of rotatable bonds is 2. The van der Waals surface area contributed by atoms with Crippen LogP contribution in [0.3, 0.4) is 0 Å². The molecule has 1 unspecified atom stereocenters. The summed E-state index contributed by atoms with van der Waals surface area (Å²) < 4.78 is 0. The van der Waals surface area contributed by atoms with E-state index in [1.165, 1.54) is 62.5 Å². The summed E-state index contributed by atoms with van der Waals surface area (Å²) >= 11 is 0. The van der Waals surface area contributed by atoms with Crippen molar-refractivity contribution >= 4 is 0 Å². The Balaban J connectivity index is 1.83. The van der Waals surface area contributed by atoms with Crippen molar-refractivity contribution in [2.45, 2.75) is 70.8 Å². The molecule has 1 atom stereocenters. The summed E-state index contributed by atoms with van der Waals surface area (Å²) in [7, 11) is 0. The Morgan fingerprint density at radius 3 is 2.35 bits per heavy atom. The van der Waals surface area contributed by atoms with Gasteiger partial charge in [-0.1, -0.05) is 38.0 Å². The molecule has 0 spiro atoms. The Morgan fingerprint density at radius 2 is 1.65 bits per heavy atom. The third kappa shape index (κ3) is 2.65. The predicted octanol–water partition coefficient (Wildman–Crippen LogP) is 4.60. The molecule has 0 aromatic heterocycles. The zero-order valence-corrected chi connectivity index (χ0v) is 13.0. The van der Waals surface area contributed by atoms with Crippen LogP contribution in [0.5, 0.6) is 0 Å². The van der Waals surface area contributed by atoms with Gasteiger partial charge in [0.05, 0.1) is 5.60 Å². The molecule has 1 N–H and O–H groups in total. The van der Waals surface area contributed by atoms with Crippen molar-refractivity contribution in [1.29, 1.82) is 0 Å². The van der Waals surface area contributed by atoms with E-state index >= 15 is 0 Å². The number of hydrogen-bond donors (Lipinski definition) is 1. The van der Waals surface area contributed by atoms with Crippen molar-refractivity contribution in [2.24, 2.45) is 11.8 Å². The lowest BCUT2D eigenvalue weighted by atomic mass is 9.71. The van der Waals surface area contributed by atoms with Crippen molar-refractivity contribution in [1.82, 2.24) is 0 Å². The lowest BCUT2D eigenvalue weighted by Crippen LogP contribution is -2.34. The second kappa shape index (κ2) is 5.52. The molecule has 0 amide bonds. The topological polar surface area (TPSA) is 20.2 Å². The third-order valence-corrected chi connectivity index (χ3v) is 5.74. The maximum Gasteiger partial charge on any atom is 0.0896 e. The maximum absolute atomic E-state index is 11.1. The molecule has 0 saturated heterocycles. The molecule has 0 heterocycles. The molecule has 1 fully saturated rings. The van der Waals surface area contributed by atoms with Gasteiger partial charge in [-0.05, 0) is 74.0 Å². The highest BCUT2D eigenvalue weighted by molar-refractivity contribution is 5.36. The van der Waals surface area contributed by atoms with Crippen LogP contribution in [0.15, 0.2) is 18.2 Å². The van der Waals surface area contributed by atoms with Gasteiger partial charge in [0.1, 0.15) is 0 Å². The Hall–Kier alpha value is -0.820. The largest absolute Gasteiger partial charge is 0.385 e. The van der Waals surface area contributed by atoms with Crippen LogP contribution in [-0.4, -0.2) is 5.11 Å². The van der Waals surface area contributed by atoms with Gasteiger partial charge in [-0.3, -0.25) is 0 Å². The highest BCUT2D eigenvalue weighted by Gasteiger charge is 2.36. The van der Waals surface area contributed by atoms with Gasteiger partial charge >= 0.3 is 0 Å². The number of fused-ring (bicyclic) bond motifs is 1. The molecule has 1 aromatic carbocycles. The first-order valence-corrected chi connectivity index (χ1v) is 8.42. The van der Waals surface area contributed by atoms with Crippen molar-refractivity contribution in [3.05, 3.63) is 34.9 Å². The minimum absolute atomic E-state index is 0.431. The average Bonchev–Trinajstić information content (AvgIpc) is 2.47. The van der Waals surface area contributed by atoms with E-state index in [0.717, 1.165) is 11.5 Å². The first-order chi connectivity index (χ1) is 9.57. The maximum atomic E-state index is 11.1. The first kappa shape index (κ1) is 14.1. The zero-order chi connectivity index (χ0) is 14.2. The van der Waals surface area contributed by atoms with Crippen LogP contribution in [0.25, 0.3) is 0 Å². The van der Waals surface area contributed by atoms with Crippen LogP contribution < -0.4 is 0 Å². The molecular formula is C19H28O. The van der Waals surface area contributed by atoms with E-state index in [1.54, 1.807) is 0 Å². The quantitative estimate of drug-likeness (QED) is 0.834. The summed E-state index contributed by atoms with van der Waals surface area (Å²) in [5.74, 6) is 1.27. The van der Waals surface area contributed by atoms with E-state index in [-0.39, 0.29) is 0 Å². The minimum Gasteiger partial charge on any atom is -0.385 e. The first-order valence-electron chi connectivity index (χ1n) is 8.42.